The van der Waals surface area contributed by atoms with E-state index in [1.54, 1.807) is 0 Å². The van der Waals surface area contributed by atoms with Crippen LogP contribution in [-0.2, 0) is 6.54 Å². The largest absolute Gasteiger partial charge is 0.327 e. The van der Waals surface area contributed by atoms with Gasteiger partial charge in [0.15, 0.2) is 0 Å². The number of aromatic nitrogens is 2. The molecule has 0 radical (unpaired) electrons. The predicted octanol–water partition coefficient (Wildman–Crippen LogP) is 0.718. The van der Waals surface area contributed by atoms with Crippen molar-refractivity contribution in [3.8, 4) is 0 Å². The van der Waals surface area contributed by atoms with Crippen LogP contribution >= 0.6 is 0 Å². The summed E-state index contributed by atoms with van der Waals surface area (Å²) in [6.07, 6.45) is 2.98. The molecule has 3 heteroatoms. The standard InChI is InChI=1S/C8H13N3/c1-2-11-8(3-4-10-11)6-5-7(6)9/h3-4,6-7H,2,5,9H2,1H3/t6-,7+/m1/s1. The second kappa shape index (κ2) is 2.34. The third kappa shape index (κ3) is 1.05. The minimum absolute atomic E-state index is 0.386. The van der Waals surface area contributed by atoms with Crippen molar-refractivity contribution < 1.29 is 0 Å². The summed E-state index contributed by atoms with van der Waals surface area (Å²) in [4.78, 5) is 0. The predicted molar refractivity (Wildman–Crippen MR) is 43.2 cm³/mol. The highest BCUT2D eigenvalue weighted by atomic mass is 15.3. The van der Waals surface area contributed by atoms with E-state index in [-0.39, 0.29) is 0 Å². The minimum atomic E-state index is 0.386. The zero-order valence-corrected chi connectivity index (χ0v) is 6.70. The fraction of sp³-hybridized carbons (Fsp3) is 0.625. The van der Waals surface area contributed by atoms with Crippen LogP contribution in [0.25, 0.3) is 0 Å². The summed E-state index contributed by atoms with van der Waals surface area (Å²) in [6, 6.07) is 2.46. The third-order valence-corrected chi connectivity index (χ3v) is 2.27. The van der Waals surface area contributed by atoms with Gasteiger partial charge in [0.2, 0.25) is 0 Å². The van der Waals surface area contributed by atoms with E-state index >= 15 is 0 Å². The lowest BCUT2D eigenvalue weighted by Gasteiger charge is -2.01. The lowest BCUT2D eigenvalue weighted by Crippen LogP contribution is -2.06. The van der Waals surface area contributed by atoms with Gasteiger partial charge in [-0.05, 0) is 19.4 Å². The van der Waals surface area contributed by atoms with E-state index in [0.29, 0.717) is 12.0 Å². The number of nitrogens with zero attached hydrogens (tertiary/aromatic N) is 2. The van der Waals surface area contributed by atoms with Gasteiger partial charge in [0.25, 0.3) is 0 Å². The highest BCUT2D eigenvalue weighted by molar-refractivity contribution is 5.19. The Balaban J connectivity index is 2.23. The minimum Gasteiger partial charge on any atom is -0.327 e. The number of rotatable bonds is 2. The van der Waals surface area contributed by atoms with Gasteiger partial charge in [0.1, 0.15) is 0 Å². The average Bonchev–Trinajstić information content (AvgIpc) is 2.58. The van der Waals surface area contributed by atoms with Crippen molar-refractivity contribution in [2.24, 2.45) is 5.73 Å². The summed E-state index contributed by atoms with van der Waals surface area (Å²) >= 11 is 0. The first-order valence-corrected chi connectivity index (χ1v) is 4.10. The molecule has 3 nitrogen and oxygen atoms in total. The van der Waals surface area contributed by atoms with Crippen LogP contribution in [0.4, 0.5) is 0 Å². The van der Waals surface area contributed by atoms with Gasteiger partial charge in [0.05, 0.1) is 0 Å². The SMILES string of the molecule is CCn1nccc1[C@@H]1C[C@@H]1N. The summed E-state index contributed by atoms with van der Waals surface area (Å²) < 4.78 is 2.03. The van der Waals surface area contributed by atoms with Gasteiger partial charge in [-0.2, -0.15) is 5.10 Å². The smallest absolute Gasteiger partial charge is 0.0492 e. The van der Waals surface area contributed by atoms with Crippen LogP contribution in [0.1, 0.15) is 25.0 Å². The van der Waals surface area contributed by atoms with Crippen LogP contribution in [0.3, 0.4) is 0 Å². The molecule has 0 aliphatic heterocycles. The highest BCUT2D eigenvalue weighted by Gasteiger charge is 2.36. The maximum absolute atomic E-state index is 5.74. The Hall–Kier alpha value is -0.830. The van der Waals surface area contributed by atoms with E-state index in [4.69, 9.17) is 5.73 Å². The van der Waals surface area contributed by atoms with Crippen molar-refractivity contribution >= 4 is 0 Å². The number of hydrogen-bond acceptors (Lipinski definition) is 2. The molecule has 0 bridgehead atoms. The molecule has 1 aliphatic rings. The number of hydrogen-bond donors (Lipinski definition) is 1. The van der Waals surface area contributed by atoms with Crippen LogP contribution in [0.2, 0.25) is 0 Å². The van der Waals surface area contributed by atoms with E-state index in [9.17, 15) is 0 Å². The Bertz CT molecular complexity index is 254. The molecule has 2 N–H and O–H groups in total. The van der Waals surface area contributed by atoms with E-state index in [1.807, 2.05) is 10.9 Å². The summed E-state index contributed by atoms with van der Waals surface area (Å²) in [6.45, 7) is 3.05. The molecule has 0 aromatic carbocycles. The van der Waals surface area contributed by atoms with Gasteiger partial charge in [-0.25, -0.2) is 0 Å². The van der Waals surface area contributed by atoms with Gasteiger partial charge in [-0.15, -0.1) is 0 Å². The molecule has 60 valence electrons. The Labute approximate surface area is 66.2 Å². The molecule has 1 aliphatic carbocycles. The first-order valence-electron chi connectivity index (χ1n) is 4.10. The molecule has 0 unspecified atom stereocenters. The zero-order chi connectivity index (χ0) is 7.84. The Morgan fingerprint density at radius 3 is 3.09 bits per heavy atom. The molecule has 1 saturated carbocycles. The van der Waals surface area contributed by atoms with E-state index in [0.717, 1.165) is 13.0 Å². The zero-order valence-electron chi connectivity index (χ0n) is 6.70. The van der Waals surface area contributed by atoms with Crippen LogP contribution in [0, 0.1) is 0 Å². The Morgan fingerprint density at radius 1 is 1.82 bits per heavy atom. The summed E-state index contributed by atoms with van der Waals surface area (Å²) in [7, 11) is 0. The molecule has 2 rings (SSSR count). The molecule has 0 saturated heterocycles. The van der Waals surface area contributed by atoms with Gasteiger partial charge in [0, 0.05) is 30.4 Å². The van der Waals surface area contributed by atoms with Crippen molar-refractivity contribution in [3.05, 3.63) is 18.0 Å². The molecule has 1 aromatic rings. The van der Waals surface area contributed by atoms with Gasteiger partial charge >= 0.3 is 0 Å². The van der Waals surface area contributed by atoms with Crippen molar-refractivity contribution in [3.63, 3.8) is 0 Å². The maximum atomic E-state index is 5.74. The average molecular weight is 151 g/mol. The first-order chi connectivity index (χ1) is 5.33. The maximum Gasteiger partial charge on any atom is 0.0492 e. The van der Waals surface area contributed by atoms with Gasteiger partial charge in [-0.1, -0.05) is 0 Å². The molecule has 2 atom stereocenters. The van der Waals surface area contributed by atoms with Crippen LogP contribution < -0.4 is 5.73 Å². The normalized spacial score (nSPS) is 28.9. The second-order valence-corrected chi connectivity index (χ2v) is 3.08. The van der Waals surface area contributed by atoms with Crippen molar-refractivity contribution in [1.82, 2.24) is 9.78 Å². The molecule has 11 heavy (non-hydrogen) atoms. The summed E-state index contributed by atoms with van der Waals surface area (Å²) in [5.41, 5.74) is 7.05. The van der Waals surface area contributed by atoms with Crippen molar-refractivity contribution in [1.29, 1.82) is 0 Å². The van der Waals surface area contributed by atoms with E-state index in [2.05, 4.69) is 18.1 Å². The molecule has 1 heterocycles. The number of aryl methyl sites for hydroxylation is 1. The molecular weight excluding hydrogens is 138 g/mol. The van der Waals surface area contributed by atoms with Crippen LogP contribution in [-0.4, -0.2) is 15.8 Å². The van der Waals surface area contributed by atoms with E-state index < -0.39 is 0 Å². The Kier molecular flexibility index (Phi) is 1.46. The van der Waals surface area contributed by atoms with Crippen LogP contribution in [0.15, 0.2) is 12.3 Å². The molecular formula is C8H13N3. The van der Waals surface area contributed by atoms with Gasteiger partial charge < -0.3 is 5.73 Å². The van der Waals surface area contributed by atoms with Crippen molar-refractivity contribution in [2.75, 3.05) is 0 Å². The first kappa shape index (κ1) is 6.85. The highest BCUT2D eigenvalue weighted by Crippen LogP contribution is 2.38. The van der Waals surface area contributed by atoms with Gasteiger partial charge in [-0.3, -0.25) is 4.68 Å². The monoisotopic (exact) mass is 151 g/mol. The lowest BCUT2D eigenvalue weighted by molar-refractivity contribution is 0.620. The van der Waals surface area contributed by atoms with E-state index in [1.165, 1.54) is 5.69 Å². The Morgan fingerprint density at radius 2 is 2.55 bits per heavy atom. The number of nitrogens with two attached hydrogens (primary N) is 1. The molecule has 1 fully saturated rings. The van der Waals surface area contributed by atoms with Crippen LogP contribution in [0.5, 0.6) is 0 Å². The fourth-order valence-corrected chi connectivity index (χ4v) is 1.48. The third-order valence-electron chi connectivity index (χ3n) is 2.27. The summed E-state index contributed by atoms with van der Waals surface area (Å²) in [5.74, 6) is 0.581. The topological polar surface area (TPSA) is 43.8 Å². The summed E-state index contributed by atoms with van der Waals surface area (Å²) in [5, 5.41) is 4.19. The fourth-order valence-electron chi connectivity index (χ4n) is 1.48. The van der Waals surface area contributed by atoms with Crippen molar-refractivity contribution in [2.45, 2.75) is 31.8 Å². The second-order valence-electron chi connectivity index (χ2n) is 3.08. The molecule has 0 amide bonds. The molecule has 0 spiro atoms. The quantitative estimate of drug-likeness (QED) is 0.676. The molecule has 1 aromatic heterocycles. The lowest BCUT2D eigenvalue weighted by atomic mass is 10.3.